The topological polar surface area (TPSA) is 6.48 Å². The van der Waals surface area contributed by atoms with Gasteiger partial charge in [-0.3, -0.25) is 0 Å². The highest BCUT2D eigenvalue weighted by Gasteiger charge is 2.27. The van der Waals surface area contributed by atoms with Gasteiger partial charge < -0.3 is 0 Å². The number of rotatable bonds is 10. The van der Waals surface area contributed by atoms with Gasteiger partial charge in [-0.2, -0.15) is 0 Å². The van der Waals surface area contributed by atoms with Crippen LogP contribution in [0.4, 0.5) is 0 Å². The van der Waals surface area contributed by atoms with Crippen LogP contribution >= 0.6 is 23.9 Å². The highest BCUT2D eigenvalue weighted by Crippen LogP contribution is 2.38. The fraction of sp³-hybridized carbons (Fsp3) is 1.00. The third kappa shape index (κ3) is 5.92. The van der Waals surface area contributed by atoms with Crippen molar-refractivity contribution in [2.45, 2.75) is 102 Å². The van der Waals surface area contributed by atoms with Gasteiger partial charge in [0.25, 0.3) is 0 Å². The molecule has 2 aliphatic rings. The van der Waals surface area contributed by atoms with Gasteiger partial charge in [0, 0.05) is 25.2 Å². The number of nitrogens with zero attached hydrogens (tertiary/aromatic N) is 2. The van der Waals surface area contributed by atoms with Crippen molar-refractivity contribution in [2.75, 3.05) is 13.1 Å². The lowest BCUT2D eigenvalue weighted by Crippen LogP contribution is -2.32. The van der Waals surface area contributed by atoms with Gasteiger partial charge >= 0.3 is 0 Å². The highest BCUT2D eigenvalue weighted by molar-refractivity contribution is 8.14. The normalized spacial score (nSPS) is 21.0. The first kappa shape index (κ1) is 19.0. The Balaban J connectivity index is 1.83. The van der Waals surface area contributed by atoms with E-state index in [0.29, 0.717) is 4.58 Å². The van der Waals surface area contributed by atoms with E-state index >= 15 is 0 Å². The summed E-state index contributed by atoms with van der Waals surface area (Å²) in [6.45, 7) is 9.59. The summed E-state index contributed by atoms with van der Waals surface area (Å²) < 4.78 is 6.10. The zero-order chi connectivity index (χ0) is 15.8. The lowest BCUT2D eigenvalue weighted by molar-refractivity contribution is 0.352. The predicted octanol–water partition coefficient (Wildman–Crippen LogP) is 5.94. The summed E-state index contributed by atoms with van der Waals surface area (Å²) in [5.41, 5.74) is 0. The Kier molecular flexibility index (Phi) is 9.03. The molecule has 0 aromatic rings. The van der Waals surface area contributed by atoms with Gasteiger partial charge in [0.05, 0.1) is 4.58 Å². The standard InChI is InChI=1S/C18H36N2S2/c1-4-14-19(17-10-6-7-11-17)21-16(3)22-20(15-5-2)18-12-8-9-13-18/h16-18H,4-15H2,1-3H3. The van der Waals surface area contributed by atoms with Crippen LogP contribution in [0.3, 0.4) is 0 Å². The summed E-state index contributed by atoms with van der Waals surface area (Å²) in [4.78, 5) is 0. The van der Waals surface area contributed by atoms with E-state index in [1.165, 1.54) is 77.3 Å². The minimum atomic E-state index is 0.652. The molecule has 2 rings (SSSR count). The largest absolute Gasteiger partial charge is 0.247 e. The second-order valence-electron chi connectivity index (χ2n) is 6.94. The summed E-state index contributed by atoms with van der Waals surface area (Å²) in [5, 5.41) is 0. The number of hydrogen-bond donors (Lipinski definition) is 0. The summed E-state index contributed by atoms with van der Waals surface area (Å²) in [6.07, 6.45) is 14.0. The summed E-state index contributed by atoms with van der Waals surface area (Å²) in [6, 6.07) is 1.69. The molecule has 0 aromatic carbocycles. The molecular weight excluding hydrogens is 308 g/mol. The molecule has 2 saturated carbocycles. The zero-order valence-corrected chi connectivity index (χ0v) is 16.6. The minimum absolute atomic E-state index is 0.652. The van der Waals surface area contributed by atoms with Gasteiger partial charge in [0.15, 0.2) is 0 Å². The Labute approximate surface area is 147 Å². The molecule has 0 unspecified atom stereocenters. The molecule has 22 heavy (non-hydrogen) atoms. The molecule has 0 heterocycles. The number of hydrogen-bond acceptors (Lipinski definition) is 4. The molecule has 0 aromatic heterocycles. The van der Waals surface area contributed by atoms with Gasteiger partial charge in [0.1, 0.15) is 0 Å². The lowest BCUT2D eigenvalue weighted by Gasteiger charge is -2.33. The molecule has 0 bridgehead atoms. The molecule has 0 N–H and O–H groups in total. The molecule has 2 fully saturated rings. The average Bonchev–Trinajstić information content (AvgIpc) is 3.20. The van der Waals surface area contributed by atoms with Crippen LogP contribution in [0.1, 0.15) is 85.0 Å². The van der Waals surface area contributed by atoms with Crippen molar-refractivity contribution < 1.29 is 0 Å². The van der Waals surface area contributed by atoms with E-state index in [-0.39, 0.29) is 0 Å². The molecule has 2 nitrogen and oxygen atoms in total. The van der Waals surface area contributed by atoms with Crippen molar-refractivity contribution in [2.24, 2.45) is 0 Å². The molecule has 0 amide bonds. The van der Waals surface area contributed by atoms with E-state index in [1.807, 2.05) is 0 Å². The van der Waals surface area contributed by atoms with Gasteiger partial charge in [-0.15, -0.1) is 0 Å². The molecule has 0 spiro atoms. The zero-order valence-electron chi connectivity index (χ0n) is 14.9. The summed E-state index contributed by atoms with van der Waals surface area (Å²) in [5.74, 6) is 0. The van der Waals surface area contributed by atoms with Crippen molar-refractivity contribution in [1.82, 2.24) is 8.61 Å². The van der Waals surface area contributed by atoms with Crippen LogP contribution in [0, 0.1) is 0 Å². The Morgan fingerprint density at radius 1 is 0.773 bits per heavy atom. The van der Waals surface area contributed by atoms with E-state index in [4.69, 9.17) is 0 Å². The van der Waals surface area contributed by atoms with Crippen LogP contribution in [-0.2, 0) is 0 Å². The van der Waals surface area contributed by atoms with Crippen LogP contribution < -0.4 is 0 Å². The fourth-order valence-electron chi connectivity index (χ4n) is 3.87. The molecular formula is C18H36N2S2. The molecule has 130 valence electrons. The second-order valence-corrected chi connectivity index (χ2v) is 10.0. The van der Waals surface area contributed by atoms with E-state index in [0.717, 1.165) is 12.1 Å². The summed E-state index contributed by atoms with van der Waals surface area (Å²) >= 11 is 4.27. The van der Waals surface area contributed by atoms with Crippen molar-refractivity contribution in [3.8, 4) is 0 Å². The van der Waals surface area contributed by atoms with Crippen molar-refractivity contribution in [3.63, 3.8) is 0 Å². The molecule has 0 radical (unpaired) electrons. The molecule has 2 aliphatic carbocycles. The average molecular weight is 345 g/mol. The Morgan fingerprint density at radius 2 is 1.14 bits per heavy atom. The van der Waals surface area contributed by atoms with Crippen LogP contribution in [0.15, 0.2) is 0 Å². The van der Waals surface area contributed by atoms with Crippen LogP contribution in [0.25, 0.3) is 0 Å². The Bertz CT molecular complexity index is 261. The smallest absolute Gasteiger partial charge is 0.0768 e. The van der Waals surface area contributed by atoms with Crippen LogP contribution in [0.5, 0.6) is 0 Å². The third-order valence-corrected chi connectivity index (χ3v) is 7.53. The third-order valence-electron chi connectivity index (χ3n) is 4.92. The fourth-order valence-corrected chi connectivity index (χ4v) is 6.79. The molecule has 0 aliphatic heterocycles. The van der Waals surface area contributed by atoms with Gasteiger partial charge in [-0.1, -0.05) is 63.4 Å². The van der Waals surface area contributed by atoms with Crippen molar-refractivity contribution >= 4 is 23.9 Å². The van der Waals surface area contributed by atoms with Crippen LogP contribution in [-0.4, -0.2) is 38.4 Å². The summed E-state index contributed by atoms with van der Waals surface area (Å²) in [7, 11) is 0. The maximum Gasteiger partial charge on any atom is 0.0768 e. The van der Waals surface area contributed by atoms with Crippen molar-refractivity contribution in [1.29, 1.82) is 0 Å². The van der Waals surface area contributed by atoms with E-state index in [2.05, 4.69) is 53.3 Å². The quantitative estimate of drug-likeness (QED) is 0.357. The highest BCUT2D eigenvalue weighted by atomic mass is 32.2. The van der Waals surface area contributed by atoms with E-state index < -0.39 is 0 Å². The Morgan fingerprint density at radius 3 is 1.45 bits per heavy atom. The minimum Gasteiger partial charge on any atom is -0.247 e. The first-order chi connectivity index (χ1) is 10.7. The maximum atomic E-state index is 2.73. The first-order valence-electron chi connectivity index (χ1n) is 9.61. The van der Waals surface area contributed by atoms with Gasteiger partial charge in [-0.25, -0.2) is 8.61 Å². The van der Waals surface area contributed by atoms with Gasteiger partial charge in [-0.05, 0) is 45.4 Å². The second kappa shape index (κ2) is 10.5. The van der Waals surface area contributed by atoms with E-state index in [1.54, 1.807) is 0 Å². The first-order valence-corrected chi connectivity index (χ1v) is 11.3. The lowest BCUT2D eigenvalue weighted by atomic mass is 10.2. The van der Waals surface area contributed by atoms with Gasteiger partial charge in [0.2, 0.25) is 0 Å². The van der Waals surface area contributed by atoms with E-state index in [9.17, 15) is 0 Å². The van der Waals surface area contributed by atoms with Crippen LogP contribution in [0.2, 0.25) is 0 Å². The predicted molar refractivity (Wildman–Crippen MR) is 103 cm³/mol. The monoisotopic (exact) mass is 344 g/mol. The maximum absolute atomic E-state index is 2.73. The molecule has 0 saturated heterocycles. The molecule has 4 heteroatoms. The molecule has 0 atom stereocenters. The Hall–Kier alpha value is 0.620. The SMILES string of the molecule is CCCN(SC(C)SN(CCC)C1CCCC1)C1CCCC1. The van der Waals surface area contributed by atoms with Crippen molar-refractivity contribution in [3.05, 3.63) is 0 Å².